The summed E-state index contributed by atoms with van der Waals surface area (Å²) < 4.78 is 0. The van der Waals surface area contributed by atoms with Gasteiger partial charge in [0.05, 0.1) is 0 Å². The van der Waals surface area contributed by atoms with Gasteiger partial charge in [-0.15, -0.1) is 16.8 Å². The largest absolute Gasteiger partial charge is 0.198 e. The van der Waals surface area contributed by atoms with E-state index >= 15 is 0 Å². The van der Waals surface area contributed by atoms with Gasteiger partial charge in [0.15, 0.2) is 8.07 Å². The zero-order valence-electron chi connectivity index (χ0n) is 15.8. The van der Waals surface area contributed by atoms with E-state index in [0.29, 0.717) is 0 Å². The van der Waals surface area contributed by atoms with Crippen LogP contribution in [-0.4, -0.2) is 16.1 Å². The Morgan fingerprint density at radius 1 is 0.800 bits per heavy atom. The molecule has 0 heterocycles. The van der Waals surface area contributed by atoms with Crippen molar-refractivity contribution < 1.29 is 0 Å². The van der Waals surface area contributed by atoms with E-state index in [1.165, 1.54) is 10.4 Å². The van der Waals surface area contributed by atoms with Crippen LogP contribution in [0.15, 0.2) is 78.5 Å². The minimum absolute atomic E-state index is 1.01. The maximum Gasteiger partial charge on any atom is 0.198 e. The third kappa shape index (κ3) is 5.48. The summed E-state index contributed by atoms with van der Waals surface area (Å²) in [4.78, 5) is 0. The monoisotopic (exact) mass is 360 g/mol. The van der Waals surface area contributed by atoms with E-state index in [1.54, 1.807) is 0 Å². The first-order chi connectivity index (χ1) is 12.0. The molecule has 2 heteroatoms. The summed E-state index contributed by atoms with van der Waals surface area (Å²) in [6.45, 7) is 9.00. The van der Waals surface area contributed by atoms with Crippen LogP contribution < -0.4 is 10.4 Å². The molecule has 0 aliphatic rings. The maximum atomic E-state index is 3.88. The first-order valence-electron chi connectivity index (χ1n) is 8.99. The average molecular weight is 361 g/mol. The minimum atomic E-state index is -2.12. The zero-order chi connectivity index (χ0) is 18.2. The molecule has 0 bridgehead atoms. The zero-order valence-corrected chi connectivity index (χ0v) is 17.8. The fourth-order valence-corrected chi connectivity index (χ4v) is 8.67. The van der Waals surface area contributed by atoms with E-state index in [-0.39, 0.29) is 0 Å². The van der Waals surface area contributed by atoms with Crippen LogP contribution in [0.5, 0.6) is 0 Å². The van der Waals surface area contributed by atoms with Crippen molar-refractivity contribution in [3.05, 3.63) is 78.5 Å². The van der Waals surface area contributed by atoms with Crippen LogP contribution in [0.4, 0.5) is 0 Å². The number of allylic oxidation sites excluding steroid dienone is 1. The summed E-state index contributed by atoms with van der Waals surface area (Å²) in [7, 11) is -3.56. The second-order valence-electron chi connectivity index (χ2n) is 7.34. The Bertz CT molecular complexity index is 741. The Morgan fingerprint density at radius 3 is 1.76 bits per heavy atom. The predicted molar refractivity (Wildman–Crippen MR) is 117 cm³/mol. The van der Waals surface area contributed by atoms with Crippen LogP contribution in [-0.2, 0) is 0 Å². The summed E-state index contributed by atoms with van der Waals surface area (Å²) in [5.41, 5.74) is 10.8. The highest BCUT2D eigenvalue weighted by molar-refractivity contribution is 7.08. The lowest BCUT2D eigenvalue weighted by atomic mass is 10.4. The fourth-order valence-electron chi connectivity index (χ4n) is 2.89. The molecule has 0 aliphatic carbocycles. The van der Waals surface area contributed by atoms with Crippen molar-refractivity contribution in [2.45, 2.75) is 39.0 Å². The van der Waals surface area contributed by atoms with E-state index in [0.717, 1.165) is 12.5 Å². The van der Waals surface area contributed by atoms with Gasteiger partial charge in [-0.3, -0.25) is 0 Å². The molecule has 128 valence electrons. The molecule has 0 saturated carbocycles. The molecular formula is C23H28Si2. The van der Waals surface area contributed by atoms with Crippen LogP contribution in [0.2, 0.25) is 25.7 Å². The van der Waals surface area contributed by atoms with Crippen LogP contribution >= 0.6 is 0 Å². The van der Waals surface area contributed by atoms with Crippen LogP contribution in [0.25, 0.3) is 0 Å². The third-order valence-corrected chi connectivity index (χ3v) is 9.49. The van der Waals surface area contributed by atoms with Gasteiger partial charge in [-0.1, -0.05) is 80.3 Å². The molecule has 25 heavy (non-hydrogen) atoms. The lowest BCUT2D eigenvalue weighted by Gasteiger charge is -2.27. The molecule has 0 atom stereocenters. The van der Waals surface area contributed by atoms with E-state index in [2.05, 4.69) is 103 Å². The maximum absolute atomic E-state index is 3.88. The van der Waals surface area contributed by atoms with Gasteiger partial charge in [-0.2, -0.15) is 0 Å². The van der Waals surface area contributed by atoms with Gasteiger partial charge in [0.25, 0.3) is 0 Å². The normalized spacial score (nSPS) is 11.0. The summed E-state index contributed by atoms with van der Waals surface area (Å²) in [5.74, 6) is 0. The van der Waals surface area contributed by atoms with Crippen LogP contribution in [0, 0.1) is 11.1 Å². The van der Waals surface area contributed by atoms with Crippen molar-refractivity contribution in [1.82, 2.24) is 0 Å². The fraction of sp³-hybridized carbons (Fsp3) is 0.261. The van der Waals surface area contributed by atoms with Gasteiger partial charge in [-0.25, -0.2) is 0 Å². The number of hydrogen-bond acceptors (Lipinski definition) is 0. The lowest BCUT2D eigenvalue weighted by molar-refractivity contribution is 1.19. The Labute approximate surface area is 155 Å². The molecule has 2 aromatic rings. The van der Waals surface area contributed by atoms with Gasteiger partial charge >= 0.3 is 0 Å². The number of hydrogen-bond donors (Lipinski definition) is 0. The Kier molecular flexibility index (Phi) is 6.85. The van der Waals surface area contributed by atoms with Crippen molar-refractivity contribution >= 4 is 26.5 Å². The SMILES string of the molecule is CC=C=CCC[Si](C#C[Si](C)(C)C)(c1ccccc1)c1ccccc1. The topological polar surface area (TPSA) is 0 Å². The highest BCUT2D eigenvalue weighted by atomic mass is 28.3. The highest BCUT2D eigenvalue weighted by Gasteiger charge is 2.35. The molecule has 0 nitrogen and oxygen atoms in total. The third-order valence-electron chi connectivity index (χ3n) is 4.13. The first kappa shape index (κ1) is 19.3. The van der Waals surface area contributed by atoms with E-state index in [4.69, 9.17) is 0 Å². The quantitative estimate of drug-likeness (QED) is 0.408. The molecule has 0 spiro atoms. The summed E-state index contributed by atoms with van der Waals surface area (Å²) in [5, 5.41) is 2.83. The molecule has 0 radical (unpaired) electrons. The molecule has 0 N–H and O–H groups in total. The lowest BCUT2D eigenvalue weighted by Crippen LogP contribution is -2.57. The molecule has 0 amide bonds. The first-order valence-corrected chi connectivity index (χ1v) is 14.7. The predicted octanol–water partition coefficient (Wildman–Crippen LogP) is 4.79. The van der Waals surface area contributed by atoms with Gasteiger partial charge < -0.3 is 0 Å². The van der Waals surface area contributed by atoms with E-state index in [9.17, 15) is 0 Å². The molecule has 2 rings (SSSR count). The van der Waals surface area contributed by atoms with Gasteiger partial charge in [0.1, 0.15) is 8.07 Å². The average Bonchev–Trinajstić information content (AvgIpc) is 2.62. The van der Waals surface area contributed by atoms with Gasteiger partial charge in [0, 0.05) is 0 Å². The molecule has 2 aromatic carbocycles. The minimum Gasteiger partial charge on any atom is -0.138 e. The van der Waals surface area contributed by atoms with Gasteiger partial charge in [-0.05, 0) is 41.9 Å². The van der Waals surface area contributed by atoms with E-state index < -0.39 is 16.1 Å². The highest BCUT2D eigenvalue weighted by Crippen LogP contribution is 2.15. The Morgan fingerprint density at radius 2 is 1.32 bits per heavy atom. The van der Waals surface area contributed by atoms with Crippen LogP contribution in [0.1, 0.15) is 13.3 Å². The van der Waals surface area contributed by atoms with Crippen LogP contribution in [0.3, 0.4) is 0 Å². The van der Waals surface area contributed by atoms with Crippen molar-refractivity contribution in [2.75, 3.05) is 0 Å². The molecular weight excluding hydrogens is 332 g/mol. The van der Waals surface area contributed by atoms with Gasteiger partial charge in [0.2, 0.25) is 0 Å². The molecule has 0 aliphatic heterocycles. The summed E-state index contributed by atoms with van der Waals surface area (Å²) in [6, 6.07) is 23.0. The molecule has 0 unspecified atom stereocenters. The Hall–Kier alpha value is -2.05. The molecule has 0 saturated heterocycles. The number of benzene rings is 2. The standard InChI is InChI=1S/C23H28Si2/c1-5-6-7-14-19-25(21-20-24(2,3)4,22-15-10-8-11-16-22)23-17-12-9-13-18-23/h5,7-13,15-18H,14,19H2,1-4H3. The molecule has 0 aromatic heterocycles. The summed E-state index contributed by atoms with van der Waals surface area (Å²) in [6.07, 6.45) is 5.15. The second kappa shape index (κ2) is 8.88. The Balaban J connectivity index is 2.63. The van der Waals surface area contributed by atoms with Crippen molar-refractivity contribution in [3.63, 3.8) is 0 Å². The molecule has 0 fully saturated rings. The van der Waals surface area contributed by atoms with Crippen molar-refractivity contribution in [2.24, 2.45) is 0 Å². The van der Waals surface area contributed by atoms with E-state index in [1.807, 2.05) is 13.0 Å². The summed E-state index contributed by atoms with van der Waals surface area (Å²) >= 11 is 0. The smallest absolute Gasteiger partial charge is 0.138 e. The van der Waals surface area contributed by atoms with Crippen molar-refractivity contribution in [1.29, 1.82) is 0 Å². The second-order valence-corrected chi connectivity index (χ2v) is 15.8. The van der Waals surface area contributed by atoms with Crippen molar-refractivity contribution in [3.8, 4) is 11.1 Å². The number of rotatable bonds is 5.